The minimum atomic E-state index is -0.259. The molecule has 0 unspecified atom stereocenters. The molecule has 57 heavy (non-hydrogen) atoms. The maximum atomic E-state index is 6.88. The molecule has 2 aliphatic rings. The van der Waals surface area contributed by atoms with Crippen LogP contribution in [0.25, 0.3) is 43.8 Å². The van der Waals surface area contributed by atoms with Crippen LogP contribution in [0.15, 0.2) is 188 Å². The molecule has 0 saturated carbocycles. The Balaban J connectivity index is 1.11. The molecule has 0 N–H and O–H groups in total. The summed E-state index contributed by atoms with van der Waals surface area (Å²) in [6.45, 7) is 6.87. The first kappa shape index (κ1) is 33.3. The van der Waals surface area contributed by atoms with Crippen LogP contribution >= 0.6 is 0 Å². The molecular weight excluding hydrogens is 693 g/mol. The third-order valence-corrected chi connectivity index (χ3v) is 12.1. The van der Waals surface area contributed by atoms with E-state index in [1.165, 1.54) is 55.0 Å². The summed E-state index contributed by atoms with van der Waals surface area (Å²) in [6, 6.07) is 68.3. The number of ether oxygens (including phenoxy) is 1. The number of para-hydroxylation sites is 2. The molecule has 0 aromatic heterocycles. The maximum absolute atomic E-state index is 6.88. The predicted molar refractivity (Wildman–Crippen MR) is 239 cm³/mol. The molecule has 11 rings (SSSR count). The smallest absolute Gasteiger partial charge is 0.152 e. The van der Waals surface area contributed by atoms with E-state index < -0.39 is 0 Å². The lowest BCUT2D eigenvalue weighted by Crippen LogP contribution is -2.32. The van der Waals surface area contributed by atoms with Crippen LogP contribution in [0.4, 0.5) is 34.1 Å². The van der Waals surface area contributed by atoms with E-state index >= 15 is 0 Å². The average Bonchev–Trinajstić information content (AvgIpc) is 3.26. The zero-order valence-corrected chi connectivity index (χ0v) is 32.2. The minimum Gasteiger partial charge on any atom is -0.453 e. The first-order valence-corrected chi connectivity index (χ1v) is 19.8. The average molecular weight is 733 g/mol. The summed E-state index contributed by atoms with van der Waals surface area (Å²) in [7, 11) is 0. The first-order valence-electron chi connectivity index (χ1n) is 19.8. The molecule has 0 radical (unpaired) electrons. The van der Waals surface area contributed by atoms with Crippen molar-refractivity contribution >= 4 is 55.7 Å². The van der Waals surface area contributed by atoms with E-state index in [1.807, 2.05) is 0 Å². The van der Waals surface area contributed by atoms with Gasteiger partial charge >= 0.3 is 0 Å². The van der Waals surface area contributed by atoms with Gasteiger partial charge in [-0.25, -0.2) is 0 Å². The van der Waals surface area contributed by atoms with E-state index in [9.17, 15) is 0 Å². The number of aryl methyl sites for hydroxylation is 1. The molecule has 2 heterocycles. The molecule has 0 bridgehead atoms. The van der Waals surface area contributed by atoms with E-state index in [4.69, 9.17) is 4.74 Å². The Kier molecular flexibility index (Phi) is 7.42. The number of hydrogen-bond donors (Lipinski definition) is 0. The Morgan fingerprint density at radius 1 is 0.456 bits per heavy atom. The SMILES string of the molecule is Cc1cccc2c1N1c3ccccc3C(C)(C)c3cc(-c4cccc(N(c5ccc(-c6ccccc6)cc5)c5cc6ccccc6c6ccccc56)c4)cc(c31)O2. The molecule has 3 heteroatoms. The molecule has 0 fully saturated rings. The molecule has 0 saturated heterocycles. The number of nitrogens with zero attached hydrogens (tertiary/aromatic N) is 2. The van der Waals surface area contributed by atoms with E-state index in [0.29, 0.717) is 0 Å². The molecule has 272 valence electrons. The van der Waals surface area contributed by atoms with Crippen LogP contribution in [0, 0.1) is 6.92 Å². The van der Waals surface area contributed by atoms with Crippen molar-refractivity contribution in [2.45, 2.75) is 26.2 Å². The van der Waals surface area contributed by atoms with Gasteiger partial charge in [0.25, 0.3) is 0 Å². The Hall–Kier alpha value is -7.10. The van der Waals surface area contributed by atoms with Crippen molar-refractivity contribution in [2.75, 3.05) is 9.80 Å². The highest BCUT2D eigenvalue weighted by Crippen LogP contribution is 2.61. The van der Waals surface area contributed by atoms with Gasteiger partial charge in [0.1, 0.15) is 0 Å². The maximum Gasteiger partial charge on any atom is 0.152 e. The van der Waals surface area contributed by atoms with Crippen molar-refractivity contribution < 1.29 is 4.74 Å². The second-order valence-electron chi connectivity index (χ2n) is 15.8. The van der Waals surface area contributed by atoms with Crippen LogP contribution in [-0.2, 0) is 5.41 Å². The summed E-state index contributed by atoms with van der Waals surface area (Å²) >= 11 is 0. The first-order chi connectivity index (χ1) is 27.9. The summed E-state index contributed by atoms with van der Waals surface area (Å²) in [5.74, 6) is 1.75. The van der Waals surface area contributed by atoms with Crippen molar-refractivity contribution in [1.29, 1.82) is 0 Å². The van der Waals surface area contributed by atoms with Crippen LogP contribution in [-0.4, -0.2) is 0 Å². The van der Waals surface area contributed by atoms with Crippen LogP contribution in [0.3, 0.4) is 0 Å². The van der Waals surface area contributed by atoms with Gasteiger partial charge in [-0.2, -0.15) is 0 Å². The van der Waals surface area contributed by atoms with Crippen molar-refractivity contribution in [3.8, 4) is 33.8 Å². The molecular formula is C54H40N2O. The molecule has 9 aromatic rings. The molecule has 3 nitrogen and oxygen atoms in total. The lowest BCUT2D eigenvalue weighted by atomic mass is 9.72. The van der Waals surface area contributed by atoms with E-state index in [0.717, 1.165) is 51.1 Å². The topological polar surface area (TPSA) is 15.7 Å². The fourth-order valence-corrected chi connectivity index (χ4v) is 9.28. The fourth-order valence-electron chi connectivity index (χ4n) is 9.28. The van der Waals surface area contributed by atoms with Crippen molar-refractivity contribution in [3.63, 3.8) is 0 Å². The molecule has 0 spiro atoms. The summed E-state index contributed by atoms with van der Waals surface area (Å²) in [6.07, 6.45) is 0. The third-order valence-electron chi connectivity index (χ3n) is 12.1. The van der Waals surface area contributed by atoms with Gasteiger partial charge in [-0.3, -0.25) is 0 Å². The summed E-state index contributed by atoms with van der Waals surface area (Å²) < 4.78 is 6.88. The van der Waals surface area contributed by atoms with Gasteiger partial charge in [0.15, 0.2) is 11.5 Å². The predicted octanol–water partition coefficient (Wildman–Crippen LogP) is 15.3. The normalized spacial score (nSPS) is 13.4. The largest absolute Gasteiger partial charge is 0.453 e. The molecule has 0 amide bonds. The molecule has 0 atom stereocenters. The number of rotatable bonds is 5. The van der Waals surface area contributed by atoms with Crippen LogP contribution in [0.1, 0.15) is 30.5 Å². The molecule has 9 aromatic carbocycles. The highest BCUT2D eigenvalue weighted by atomic mass is 16.5. The van der Waals surface area contributed by atoms with Gasteiger partial charge in [-0.1, -0.05) is 147 Å². The highest BCUT2D eigenvalue weighted by molar-refractivity contribution is 6.14. The summed E-state index contributed by atoms with van der Waals surface area (Å²) in [5, 5.41) is 4.90. The highest BCUT2D eigenvalue weighted by Gasteiger charge is 2.42. The Morgan fingerprint density at radius 2 is 1.14 bits per heavy atom. The lowest BCUT2D eigenvalue weighted by molar-refractivity contribution is 0.471. The van der Waals surface area contributed by atoms with Crippen molar-refractivity contribution in [3.05, 3.63) is 205 Å². The number of anilines is 6. The lowest BCUT2D eigenvalue weighted by Gasteiger charge is -2.45. The van der Waals surface area contributed by atoms with Crippen LogP contribution in [0.5, 0.6) is 11.5 Å². The van der Waals surface area contributed by atoms with Gasteiger partial charge in [0.2, 0.25) is 0 Å². The van der Waals surface area contributed by atoms with Gasteiger partial charge in [0, 0.05) is 22.2 Å². The summed E-state index contributed by atoms with van der Waals surface area (Å²) in [5.41, 5.74) is 14.9. The number of benzene rings is 9. The van der Waals surface area contributed by atoms with Gasteiger partial charge in [-0.15, -0.1) is 0 Å². The molecule has 0 aliphatic carbocycles. The quantitative estimate of drug-likeness (QED) is 0.164. The van der Waals surface area contributed by atoms with E-state index in [2.05, 4.69) is 219 Å². The second kappa shape index (κ2) is 12.7. The van der Waals surface area contributed by atoms with Gasteiger partial charge in [-0.05, 0) is 117 Å². The summed E-state index contributed by atoms with van der Waals surface area (Å²) in [4.78, 5) is 4.86. The van der Waals surface area contributed by atoms with Gasteiger partial charge < -0.3 is 14.5 Å². The number of hydrogen-bond acceptors (Lipinski definition) is 3. The van der Waals surface area contributed by atoms with Crippen LogP contribution < -0.4 is 14.5 Å². The Bertz CT molecular complexity index is 3040. The van der Waals surface area contributed by atoms with Crippen molar-refractivity contribution in [1.82, 2.24) is 0 Å². The Labute approximate surface area is 333 Å². The molecule has 2 aliphatic heterocycles. The zero-order chi connectivity index (χ0) is 38.3. The van der Waals surface area contributed by atoms with E-state index in [-0.39, 0.29) is 5.41 Å². The van der Waals surface area contributed by atoms with Gasteiger partial charge in [0.05, 0.1) is 22.7 Å². The minimum absolute atomic E-state index is 0.259. The van der Waals surface area contributed by atoms with E-state index in [1.54, 1.807) is 0 Å². The zero-order valence-electron chi connectivity index (χ0n) is 32.2. The second-order valence-corrected chi connectivity index (χ2v) is 15.8. The van der Waals surface area contributed by atoms with Crippen molar-refractivity contribution in [2.24, 2.45) is 0 Å². The van der Waals surface area contributed by atoms with Crippen LogP contribution in [0.2, 0.25) is 0 Å². The Morgan fingerprint density at radius 3 is 1.98 bits per heavy atom. The third kappa shape index (κ3) is 5.19. The fraction of sp³-hybridized carbons (Fsp3) is 0.0741. The monoisotopic (exact) mass is 732 g/mol. The standard InChI is InChI=1S/C54H40N2O/c1-35-15-13-26-50-52(35)56-48-25-12-11-24-46(48)54(2,3)47-32-40(34-51(57-50)53(47)56)38-19-14-20-42(31-38)55(41-29-27-37(28-30-41)36-16-5-4-6-17-36)49-33-39-18-7-8-21-43(39)44-22-9-10-23-45(44)49/h4-34H,1-3H3. The number of fused-ring (bicyclic) bond motifs is 7.